The average molecular weight is 435 g/mol. The van der Waals surface area contributed by atoms with Gasteiger partial charge in [0.15, 0.2) is 5.78 Å². The minimum Gasteiger partial charge on any atom is -0.462 e. The van der Waals surface area contributed by atoms with Crippen molar-refractivity contribution in [1.29, 1.82) is 0 Å². The quantitative estimate of drug-likeness (QED) is 0.387. The second kappa shape index (κ2) is 8.58. The summed E-state index contributed by atoms with van der Waals surface area (Å²) in [6.45, 7) is 15.7. The maximum atomic E-state index is 12.8. The molecule has 2 aromatic carbocycles. The highest BCUT2D eigenvalue weighted by atomic mass is 28.3. The fourth-order valence-corrected chi connectivity index (χ4v) is 5.42. The Morgan fingerprint density at radius 3 is 2.29 bits per heavy atom. The van der Waals surface area contributed by atoms with Crippen molar-refractivity contribution in [3.63, 3.8) is 0 Å². The Hall–Kier alpha value is -2.46. The van der Waals surface area contributed by atoms with E-state index >= 15 is 0 Å². The van der Waals surface area contributed by atoms with E-state index in [2.05, 4.69) is 58.2 Å². The summed E-state index contributed by atoms with van der Waals surface area (Å²) in [6, 6.07) is 12.0. The Kier molecular flexibility index (Phi) is 6.42. The van der Waals surface area contributed by atoms with Crippen LogP contribution < -0.4 is 0 Å². The Morgan fingerprint density at radius 2 is 1.71 bits per heavy atom. The van der Waals surface area contributed by atoms with E-state index in [-0.39, 0.29) is 17.2 Å². The van der Waals surface area contributed by atoms with Crippen LogP contribution >= 0.6 is 0 Å². The monoisotopic (exact) mass is 434 g/mol. The summed E-state index contributed by atoms with van der Waals surface area (Å²) < 4.78 is 5.12. The first-order valence-corrected chi connectivity index (χ1v) is 14.7. The second-order valence-electron chi connectivity index (χ2n) is 10.2. The second-order valence-corrected chi connectivity index (χ2v) is 15.3. The number of fused-ring (bicyclic) bond motifs is 1. The molecule has 0 atom stereocenters. The van der Waals surface area contributed by atoms with Crippen molar-refractivity contribution >= 4 is 25.4 Å². The van der Waals surface area contributed by atoms with E-state index in [1.165, 1.54) is 5.56 Å². The highest BCUT2D eigenvalue weighted by Gasteiger charge is 2.32. The molecular formula is C27H34O3Si. The van der Waals surface area contributed by atoms with Crippen LogP contribution in [0.25, 0.3) is 5.57 Å². The maximum absolute atomic E-state index is 12.8. The summed E-state index contributed by atoms with van der Waals surface area (Å²) in [5.74, 6) is -0.0665. The largest absolute Gasteiger partial charge is 0.462 e. The van der Waals surface area contributed by atoms with Crippen molar-refractivity contribution in [3.05, 3.63) is 75.5 Å². The molecule has 0 N–H and O–H groups in total. The fourth-order valence-electron chi connectivity index (χ4n) is 4.23. The van der Waals surface area contributed by atoms with Crippen LogP contribution in [0.5, 0.6) is 0 Å². The number of ether oxygens (including phenoxy) is 1. The molecule has 0 amide bonds. The predicted octanol–water partition coefficient (Wildman–Crippen LogP) is 6.73. The minimum absolute atomic E-state index is 0.0104. The van der Waals surface area contributed by atoms with Gasteiger partial charge in [0.25, 0.3) is 0 Å². The Labute approximate surface area is 187 Å². The summed E-state index contributed by atoms with van der Waals surface area (Å²) in [6.07, 6.45) is 1.49. The molecule has 0 saturated carbocycles. The van der Waals surface area contributed by atoms with Crippen molar-refractivity contribution in [2.75, 3.05) is 6.61 Å². The lowest BCUT2D eigenvalue weighted by Crippen LogP contribution is -2.27. The van der Waals surface area contributed by atoms with Crippen LogP contribution in [-0.4, -0.2) is 26.4 Å². The first-order valence-electron chi connectivity index (χ1n) is 11.1. The van der Waals surface area contributed by atoms with Crippen molar-refractivity contribution < 1.29 is 14.3 Å². The molecule has 0 fully saturated rings. The molecule has 0 aromatic heterocycles. The van der Waals surface area contributed by atoms with Crippen LogP contribution in [0.3, 0.4) is 0 Å². The summed E-state index contributed by atoms with van der Waals surface area (Å²) in [7, 11) is -1.58. The van der Waals surface area contributed by atoms with Crippen molar-refractivity contribution in [2.24, 2.45) is 0 Å². The van der Waals surface area contributed by atoms with Crippen molar-refractivity contribution in [3.8, 4) is 0 Å². The molecule has 0 bridgehead atoms. The molecular weight excluding hydrogens is 400 g/mol. The Bertz CT molecular complexity index is 1040. The zero-order valence-corrected chi connectivity index (χ0v) is 20.9. The standard InChI is InChI=1S/C27H34O3Si/c1-8-30-26(29)20-11-9-19(10-12-20)23(17-31(5,6)7)21-16-22-24(15-18(21)2)27(3,4)14-13-25(22)28/h9-12,15-17H,8,13-14H2,1-7H3/b23-17-. The van der Waals surface area contributed by atoms with E-state index in [1.807, 2.05) is 31.2 Å². The van der Waals surface area contributed by atoms with E-state index in [0.29, 0.717) is 18.6 Å². The number of Topliss-reactive ketones (excluding diaryl/α,β-unsaturated/α-hetero) is 1. The molecule has 2 aromatic rings. The smallest absolute Gasteiger partial charge is 0.338 e. The lowest BCUT2D eigenvalue weighted by atomic mass is 9.71. The highest BCUT2D eigenvalue weighted by Crippen LogP contribution is 2.40. The summed E-state index contributed by atoms with van der Waals surface area (Å²) in [5, 5.41) is 0. The van der Waals surface area contributed by atoms with Crippen LogP contribution in [0.15, 0.2) is 42.1 Å². The molecule has 0 spiro atoms. The van der Waals surface area contributed by atoms with Gasteiger partial charge in [-0.3, -0.25) is 4.79 Å². The molecule has 31 heavy (non-hydrogen) atoms. The van der Waals surface area contributed by atoms with E-state index in [4.69, 9.17) is 4.74 Å². The topological polar surface area (TPSA) is 43.4 Å². The number of hydrogen-bond donors (Lipinski definition) is 0. The number of ketones is 1. The van der Waals surface area contributed by atoms with Gasteiger partial charge in [0.05, 0.1) is 20.2 Å². The Morgan fingerprint density at radius 1 is 1.10 bits per heavy atom. The number of esters is 1. The van der Waals surface area contributed by atoms with E-state index in [1.54, 1.807) is 0 Å². The van der Waals surface area contributed by atoms with Gasteiger partial charge in [-0.05, 0) is 71.7 Å². The number of rotatable bonds is 5. The number of carbonyl (C=O) groups excluding carboxylic acids is 2. The number of hydrogen-bond acceptors (Lipinski definition) is 3. The molecule has 3 rings (SSSR count). The maximum Gasteiger partial charge on any atom is 0.338 e. The lowest BCUT2D eigenvalue weighted by Gasteiger charge is -2.33. The van der Waals surface area contributed by atoms with Gasteiger partial charge in [0.2, 0.25) is 0 Å². The summed E-state index contributed by atoms with van der Waals surface area (Å²) in [5.41, 5.74) is 9.47. The molecule has 1 aliphatic rings. The highest BCUT2D eigenvalue weighted by molar-refractivity contribution is 6.81. The normalized spacial score (nSPS) is 16.1. The fraction of sp³-hybridized carbons (Fsp3) is 0.407. The predicted molar refractivity (Wildman–Crippen MR) is 131 cm³/mol. The third-order valence-corrected chi connectivity index (χ3v) is 7.10. The first-order chi connectivity index (χ1) is 14.4. The van der Waals surface area contributed by atoms with Gasteiger partial charge in [-0.15, -0.1) is 0 Å². The molecule has 0 unspecified atom stereocenters. The van der Waals surface area contributed by atoms with E-state index < -0.39 is 8.07 Å². The van der Waals surface area contributed by atoms with Crippen LogP contribution in [0.2, 0.25) is 19.6 Å². The van der Waals surface area contributed by atoms with Gasteiger partial charge in [0.1, 0.15) is 0 Å². The summed E-state index contributed by atoms with van der Waals surface area (Å²) in [4.78, 5) is 24.9. The van der Waals surface area contributed by atoms with Gasteiger partial charge in [-0.2, -0.15) is 0 Å². The van der Waals surface area contributed by atoms with E-state index in [0.717, 1.165) is 34.2 Å². The van der Waals surface area contributed by atoms with E-state index in [9.17, 15) is 9.59 Å². The first kappa shape index (κ1) is 23.2. The van der Waals surface area contributed by atoms with Crippen molar-refractivity contribution in [2.45, 2.75) is 65.6 Å². The minimum atomic E-state index is -1.58. The number of benzene rings is 2. The van der Waals surface area contributed by atoms with Crippen LogP contribution in [0, 0.1) is 6.92 Å². The van der Waals surface area contributed by atoms with Gasteiger partial charge >= 0.3 is 5.97 Å². The van der Waals surface area contributed by atoms with Gasteiger partial charge in [-0.25, -0.2) is 4.79 Å². The van der Waals surface area contributed by atoms with Gasteiger partial charge in [-0.1, -0.05) is 57.4 Å². The molecule has 0 heterocycles. The SMILES string of the molecule is CCOC(=O)c1ccc(/C(=C/[Si](C)(C)C)c2cc3c(cc2C)C(C)(C)CCC3=O)cc1. The number of aryl methyl sites for hydroxylation is 1. The van der Waals surface area contributed by atoms with Crippen LogP contribution in [0.1, 0.15) is 76.6 Å². The molecule has 0 radical (unpaired) electrons. The third-order valence-electron chi connectivity index (χ3n) is 5.95. The molecule has 1 aliphatic carbocycles. The van der Waals surface area contributed by atoms with Crippen molar-refractivity contribution in [1.82, 2.24) is 0 Å². The molecule has 164 valence electrons. The third kappa shape index (κ3) is 5.07. The van der Waals surface area contributed by atoms with Crippen LogP contribution in [-0.2, 0) is 10.2 Å². The van der Waals surface area contributed by atoms with Crippen LogP contribution in [0.4, 0.5) is 0 Å². The number of carbonyl (C=O) groups is 2. The van der Waals surface area contributed by atoms with Gasteiger partial charge < -0.3 is 4.74 Å². The zero-order valence-electron chi connectivity index (χ0n) is 19.9. The van der Waals surface area contributed by atoms with Gasteiger partial charge in [0, 0.05) is 12.0 Å². The molecule has 0 aliphatic heterocycles. The molecule has 3 nitrogen and oxygen atoms in total. The molecule has 0 saturated heterocycles. The Balaban J connectivity index is 2.15. The zero-order chi connectivity index (χ0) is 23.0. The average Bonchev–Trinajstić information content (AvgIpc) is 2.69. The summed E-state index contributed by atoms with van der Waals surface area (Å²) >= 11 is 0. The molecule has 4 heteroatoms. The lowest BCUT2D eigenvalue weighted by molar-refractivity contribution is 0.0526.